The summed E-state index contributed by atoms with van der Waals surface area (Å²) < 4.78 is 26.7. The van der Waals surface area contributed by atoms with Gasteiger partial charge in [0.15, 0.2) is 0 Å². The summed E-state index contributed by atoms with van der Waals surface area (Å²) in [7, 11) is 0. The predicted molar refractivity (Wildman–Crippen MR) is 109 cm³/mol. The zero-order chi connectivity index (χ0) is 20.4. The Morgan fingerprint density at radius 2 is 2.00 bits per heavy atom. The molecule has 150 valence electrons. The minimum absolute atomic E-state index is 0.0693. The summed E-state index contributed by atoms with van der Waals surface area (Å²) in [6.45, 7) is 0.702. The van der Waals surface area contributed by atoms with Crippen molar-refractivity contribution in [3.05, 3.63) is 79.7 Å². The van der Waals surface area contributed by atoms with E-state index >= 15 is 0 Å². The number of halogens is 2. The molecular formula is C21H18F2N2O2S2. The molecular weight excluding hydrogens is 414 g/mol. The highest BCUT2D eigenvalue weighted by molar-refractivity contribution is 7.10. The maximum absolute atomic E-state index is 13.7. The number of nitrogens with one attached hydrogen (secondary N) is 1. The normalized spacial score (nSPS) is 15.8. The highest BCUT2D eigenvalue weighted by atomic mass is 32.1. The third-order valence-corrected chi connectivity index (χ3v) is 6.82. The van der Waals surface area contributed by atoms with Crippen LogP contribution in [0.1, 0.15) is 38.1 Å². The van der Waals surface area contributed by atoms with Crippen molar-refractivity contribution in [3.63, 3.8) is 0 Å². The molecule has 1 N–H and O–H groups in total. The predicted octanol–water partition coefficient (Wildman–Crippen LogP) is 4.38. The van der Waals surface area contributed by atoms with Crippen LogP contribution in [0.2, 0.25) is 0 Å². The van der Waals surface area contributed by atoms with Crippen LogP contribution in [0.3, 0.4) is 0 Å². The Labute approximate surface area is 174 Å². The fraction of sp³-hybridized carbons (Fsp3) is 0.238. The van der Waals surface area contributed by atoms with Crippen molar-refractivity contribution in [2.75, 3.05) is 13.1 Å². The molecule has 2 aromatic heterocycles. The molecule has 0 fully saturated rings. The average molecular weight is 433 g/mol. The quantitative estimate of drug-likeness (QED) is 0.650. The van der Waals surface area contributed by atoms with Crippen LogP contribution in [0.4, 0.5) is 8.78 Å². The molecule has 1 unspecified atom stereocenters. The summed E-state index contributed by atoms with van der Waals surface area (Å²) in [6, 6.07) is 8.75. The van der Waals surface area contributed by atoms with Crippen LogP contribution < -0.4 is 5.32 Å². The summed E-state index contributed by atoms with van der Waals surface area (Å²) in [5.41, 5.74) is 0.922. The van der Waals surface area contributed by atoms with Gasteiger partial charge in [-0.15, -0.1) is 22.7 Å². The Morgan fingerprint density at radius 1 is 1.14 bits per heavy atom. The van der Waals surface area contributed by atoms with Gasteiger partial charge < -0.3 is 10.2 Å². The highest BCUT2D eigenvalue weighted by Crippen LogP contribution is 2.39. The van der Waals surface area contributed by atoms with Gasteiger partial charge in [0.2, 0.25) is 5.91 Å². The standard InChI is InChI=1S/C21H18F2N2O2S2/c22-13-3-4-14(16(23)12-13)21(27)24-8-5-19(26)25-9-6-17-15(7-11-29-17)20(25)18-2-1-10-28-18/h1-4,7,10-12,20H,5-6,8-9H2,(H,24,27). The van der Waals surface area contributed by atoms with Gasteiger partial charge in [-0.1, -0.05) is 6.07 Å². The maximum Gasteiger partial charge on any atom is 0.254 e. The van der Waals surface area contributed by atoms with E-state index in [4.69, 9.17) is 0 Å². The van der Waals surface area contributed by atoms with Crippen LogP contribution >= 0.6 is 22.7 Å². The molecule has 4 nitrogen and oxygen atoms in total. The van der Waals surface area contributed by atoms with E-state index in [1.165, 1.54) is 4.88 Å². The second-order valence-corrected chi connectivity index (χ2v) is 8.66. The Bertz CT molecular complexity index is 1030. The van der Waals surface area contributed by atoms with E-state index in [0.717, 1.165) is 29.0 Å². The lowest BCUT2D eigenvalue weighted by Gasteiger charge is -2.35. The van der Waals surface area contributed by atoms with E-state index in [1.54, 1.807) is 22.7 Å². The monoisotopic (exact) mass is 432 g/mol. The molecule has 29 heavy (non-hydrogen) atoms. The molecule has 1 atom stereocenters. The number of fused-ring (bicyclic) bond motifs is 1. The number of hydrogen-bond acceptors (Lipinski definition) is 4. The van der Waals surface area contributed by atoms with E-state index in [-0.39, 0.29) is 30.5 Å². The zero-order valence-electron chi connectivity index (χ0n) is 15.4. The fourth-order valence-corrected chi connectivity index (χ4v) is 5.29. The Morgan fingerprint density at radius 3 is 2.76 bits per heavy atom. The van der Waals surface area contributed by atoms with Gasteiger partial charge in [-0.2, -0.15) is 0 Å². The second-order valence-electron chi connectivity index (χ2n) is 6.68. The van der Waals surface area contributed by atoms with Crippen molar-refractivity contribution in [2.45, 2.75) is 18.9 Å². The number of carbonyl (C=O) groups excluding carboxylic acids is 2. The summed E-state index contributed by atoms with van der Waals surface area (Å²) in [5, 5.41) is 6.60. The van der Waals surface area contributed by atoms with Gasteiger partial charge in [-0.25, -0.2) is 8.78 Å². The maximum atomic E-state index is 13.7. The summed E-state index contributed by atoms with van der Waals surface area (Å²) in [4.78, 5) is 29.3. The van der Waals surface area contributed by atoms with Crippen LogP contribution in [-0.4, -0.2) is 29.8 Å². The average Bonchev–Trinajstić information content (AvgIpc) is 3.38. The third kappa shape index (κ3) is 4.09. The first-order valence-corrected chi connectivity index (χ1v) is 10.9. The molecule has 0 saturated heterocycles. The molecule has 1 aliphatic heterocycles. The molecule has 8 heteroatoms. The zero-order valence-corrected chi connectivity index (χ0v) is 17.0. The molecule has 4 rings (SSSR count). The number of rotatable bonds is 5. The fourth-order valence-electron chi connectivity index (χ4n) is 3.53. The lowest BCUT2D eigenvalue weighted by molar-refractivity contribution is -0.133. The molecule has 0 bridgehead atoms. The van der Waals surface area contributed by atoms with Gasteiger partial charge in [0.05, 0.1) is 11.6 Å². The van der Waals surface area contributed by atoms with Gasteiger partial charge >= 0.3 is 0 Å². The number of carbonyl (C=O) groups is 2. The summed E-state index contributed by atoms with van der Waals surface area (Å²) in [6.07, 6.45) is 0.920. The lowest BCUT2D eigenvalue weighted by Crippen LogP contribution is -2.41. The van der Waals surface area contributed by atoms with E-state index in [2.05, 4.69) is 16.8 Å². The van der Waals surface area contributed by atoms with E-state index in [9.17, 15) is 18.4 Å². The first kappa shape index (κ1) is 19.7. The third-order valence-electron chi connectivity index (χ3n) is 4.90. The largest absolute Gasteiger partial charge is 0.351 e. The van der Waals surface area contributed by atoms with Crippen LogP contribution in [0.25, 0.3) is 0 Å². The SMILES string of the molecule is O=C(NCCC(=O)N1CCc2sccc2C1c1cccs1)c1ccc(F)cc1F. The minimum Gasteiger partial charge on any atom is -0.351 e. The van der Waals surface area contributed by atoms with Crippen molar-refractivity contribution in [3.8, 4) is 0 Å². The smallest absolute Gasteiger partial charge is 0.254 e. The number of amides is 2. The van der Waals surface area contributed by atoms with Gasteiger partial charge in [-0.3, -0.25) is 9.59 Å². The molecule has 0 spiro atoms. The number of hydrogen-bond donors (Lipinski definition) is 1. The van der Waals surface area contributed by atoms with Crippen LogP contribution in [0.5, 0.6) is 0 Å². The number of thiophene rings is 2. The van der Waals surface area contributed by atoms with Crippen molar-refractivity contribution < 1.29 is 18.4 Å². The second kappa shape index (κ2) is 8.42. The molecule has 3 heterocycles. The first-order valence-electron chi connectivity index (χ1n) is 9.17. The molecule has 0 radical (unpaired) electrons. The Hall–Kier alpha value is -2.58. The molecule has 1 aromatic carbocycles. The topological polar surface area (TPSA) is 49.4 Å². The van der Waals surface area contributed by atoms with E-state index in [1.807, 2.05) is 22.4 Å². The van der Waals surface area contributed by atoms with E-state index < -0.39 is 17.5 Å². The van der Waals surface area contributed by atoms with Gasteiger partial charge in [-0.05, 0) is 47.0 Å². The van der Waals surface area contributed by atoms with Crippen molar-refractivity contribution in [1.82, 2.24) is 10.2 Å². The van der Waals surface area contributed by atoms with Crippen molar-refractivity contribution in [1.29, 1.82) is 0 Å². The van der Waals surface area contributed by atoms with Crippen LogP contribution in [0.15, 0.2) is 47.2 Å². The van der Waals surface area contributed by atoms with E-state index in [0.29, 0.717) is 12.6 Å². The van der Waals surface area contributed by atoms with Gasteiger partial charge in [0.25, 0.3) is 5.91 Å². The molecule has 0 aliphatic carbocycles. The Kier molecular flexibility index (Phi) is 5.73. The highest BCUT2D eigenvalue weighted by Gasteiger charge is 2.33. The lowest BCUT2D eigenvalue weighted by atomic mass is 9.98. The van der Waals surface area contributed by atoms with Crippen molar-refractivity contribution >= 4 is 34.5 Å². The van der Waals surface area contributed by atoms with Crippen LogP contribution in [0, 0.1) is 11.6 Å². The summed E-state index contributed by atoms with van der Waals surface area (Å²) in [5.74, 6) is -2.40. The van der Waals surface area contributed by atoms with Crippen molar-refractivity contribution in [2.24, 2.45) is 0 Å². The minimum atomic E-state index is -0.924. The molecule has 3 aromatic rings. The van der Waals surface area contributed by atoms with Gasteiger partial charge in [0.1, 0.15) is 11.6 Å². The first-order chi connectivity index (χ1) is 14.0. The number of benzene rings is 1. The molecule has 2 amide bonds. The Balaban J connectivity index is 1.42. The van der Waals surface area contributed by atoms with Crippen LogP contribution in [-0.2, 0) is 11.2 Å². The number of nitrogens with zero attached hydrogens (tertiary/aromatic N) is 1. The summed E-state index contributed by atoms with van der Waals surface area (Å²) >= 11 is 3.32. The molecule has 1 aliphatic rings. The van der Waals surface area contributed by atoms with Gasteiger partial charge in [0, 0.05) is 35.3 Å². The molecule has 0 saturated carbocycles.